The molecule has 0 spiro atoms. The maximum Gasteiger partial charge on any atom is 0.328 e. The van der Waals surface area contributed by atoms with Crippen LogP contribution >= 0.6 is 0 Å². The van der Waals surface area contributed by atoms with E-state index in [0.717, 1.165) is 6.92 Å². The van der Waals surface area contributed by atoms with Gasteiger partial charge in [-0.3, -0.25) is 33.6 Å². The number of amides is 6. The Kier molecular flexibility index (Phi) is 17.3. The summed E-state index contributed by atoms with van der Waals surface area (Å²) in [5, 5.41) is 47.9. The second kappa shape index (κ2) is 20.6. The van der Waals surface area contributed by atoms with Crippen LogP contribution in [0.4, 0.5) is 0 Å². The Morgan fingerprint density at radius 3 is 1.75 bits per heavy atom. The molecule has 0 aliphatic carbocycles. The van der Waals surface area contributed by atoms with Crippen LogP contribution in [0.3, 0.4) is 0 Å². The number of unbranched alkanes of at least 4 members (excludes halogenated alkanes) is 1. The molecule has 52 heavy (non-hydrogen) atoms. The number of carbonyl (C=O) groups excluding carboxylic acids is 6. The zero-order valence-corrected chi connectivity index (χ0v) is 29.8. The standard InChI is InChI=1S/C32H54N8O12/c1-16(30(49)39-14-6-10-22(39)28(47)37-24(17(2)41)29(48)38-25(18(3)42)32(51)52)35-27(46)21-9-7-15-40(21)31(50)20(11-12-23(43)44)36-26(45)19(34)8-4-5-13-33/h16-22,24-25,41-42H,4-15,33-34H2,1-3H3,(H,35,46)(H,36,45)(H,37,47)(H,38,48)(H,43,44)(H,51,52)/t16-,17+,18+,19-,20-,21-,22-,24-,25-/m0/s1. The summed E-state index contributed by atoms with van der Waals surface area (Å²) in [5.74, 6) is -7.24. The zero-order chi connectivity index (χ0) is 39.3. The van der Waals surface area contributed by atoms with E-state index in [9.17, 15) is 58.8 Å². The molecule has 0 aromatic heterocycles. The Morgan fingerprint density at radius 2 is 1.25 bits per heavy atom. The van der Waals surface area contributed by atoms with E-state index in [4.69, 9.17) is 11.5 Å². The van der Waals surface area contributed by atoms with E-state index in [0.29, 0.717) is 38.6 Å². The quantitative estimate of drug-likeness (QED) is 0.0534. The SMILES string of the molecule is C[C@H](NC(=O)[C@@H]1CCCN1C(=O)[C@H](CCC(=O)O)NC(=O)[C@@H](N)CCCCN)C(=O)N1CCC[C@H]1C(=O)N[C@H](C(=O)N[C@H](C(=O)O)[C@@H](C)O)[C@@H](C)O. The number of likely N-dealkylation sites (tertiary alicyclic amines) is 2. The van der Waals surface area contributed by atoms with Gasteiger partial charge >= 0.3 is 11.9 Å². The smallest absolute Gasteiger partial charge is 0.328 e. The summed E-state index contributed by atoms with van der Waals surface area (Å²) in [6.07, 6.45) is -0.907. The maximum atomic E-state index is 13.6. The maximum absolute atomic E-state index is 13.6. The summed E-state index contributed by atoms with van der Waals surface area (Å²) in [5.41, 5.74) is 11.5. The first-order valence-electron chi connectivity index (χ1n) is 17.5. The lowest BCUT2D eigenvalue weighted by molar-refractivity contribution is -0.146. The van der Waals surface area contributed by atoms with Crippen molar-refractivity contribution in [3.8, 4) is 0 Å². The monoisotopic (exact) mass is 742 g/mol. The molecular formula is C32H54N8O12. The van der Waals surface area contributed by atoms with Crippen LogP contribution in [0.2, 0.25) is 0 Å². The number of carboxylic acids is 2. The second-order valence-electron chi connectivity index (χ2n) is 13.3. The Bertz CT molecular complexity index is 1310. The van der Waals surface area contributed by atoms with Gasteiger partial charge in [0.05, 0.1) is 18.2 Å². The summed E-state index contributed by atoms with van der Waals surface area (Å²) < 4.78 is 0. The van der Waals surface area contributed by atoms with Crippen LogP contribution in [-0.4, -0.2) is 152 Å². The number of aliphatic hydroxyl groups excluding tert-OH is 2. The van der Waals surface area contributed by atoms with Crippen LogP contribution in [0.1, 0.15) is 78.6 Å². The molecule has 6 amide bonds. The van der Waals surface area contributed by atoms with Crippen LogP contribution in [0.25, 0.3) is 0 Å². The lowest BCUT2D eigenvalue weighted by atomic mass is 10.1. The molecule has 2 aliphatic rings. The van der Waals surface area contributed by atoms with E-state index < -0.39 is 108 Å². The lowest BCUT2D eigenvalue weighted by Gasteiger charge is -2.31. The molecule has 0 bridgehead atoms. The van der Waals surface area contributed by atoms with Gasteiger partial charge < -0.3 is 63.0 Å². The van der Waals surface area contributed by atoms with E-state index in [1.165, 1.54) is 23.6 Å². The van der Waals surface area contributed by atoms with Crippen LogP contribution in [-0.2, 0) is 38.4 Å². The van der Waals surface area contributed by atoms with Crippen LogP contribution in [0, 0.1) is 0 Å². The molecule has 20 heteroatoms. The summed E-state index contributed by atoms with van der Waals surface area (Å²) >= 11 is 0. The summed E-state index contributed by atoms with van der Waals surface area (Å²) in [6.45, 7) is 4.40. The van der Waals surface area contributed by atoms with Gasteiger partial charge in [0.15, 0.2) is 6.04 Å². The van der Waals surface area contributed by atoms with Crippen LogP contribution < -0.4 is 32.7 Å². The highest BCUT2D eigenvalue weighted by molar-refractivity contribution is 5.97. The zero-order valence-electron chi connectivity index (χ0n) is 29.8. The average Bonchev–Trinajstić information content (AvgIpc) is 3.77. The predicted octanol–water partition coefficient (Wildman–Crippen LogP) is -3.91. The number of hydrogen-bond donors (Lipinski definition) is 10. The normalized spacial score (nSPS) is 21.1. The van der Waals surface area contributed by atoms with Gasteiger partial charge in [0, 0.05) is 19.5 Å². The molecule has 2 heterocycles. The van der Waals surface area contributed by atoms with Crippen molar-refractivity contribution in [2.45, 2.75) is 133 Å². The third kappa shape index (κ3) is 12.4. The summed E-state index contributed by atoms with van der Waals surface area (Å²) in [6, 6.07) is -8.87. The molecule has 294 valence electrons. The molecule has 2 aliphatic heterocycles. The van der Waals surface area contributed by atoms with Gasteiger partial charge in [-0.15, -0.1) is 0 Å². The average molecular weight is 743 g/mol. The number of carbonyl (C=O) groups is 8. The number of aliphatic hydroxyl groups is 2. The highest BCUT2D eigenvalue weighted by atomic mass is 16.4. The molecule has 12 N–H and O–H groups in total. The summed E-state index contributed by atoms with van der Waals surface area (Å²) in [7, 11) is 0. The third-order valence-electron chi connectivity index (χ3n) is 9.08. The van der Waals surface area contributed by atoms with Gasteiger partial charge in [-0.1, -0.05) is 6.42 Å². The fraction of sp³-hybridized carbons (Fsp3) is 0.750. The molecular weight excluding hydrogens is 688 g/mol. The number of nitrogens with one attached hydrogen (secondary N) is 4. The molecule has 2 saturated heterocycles. The van der Waals surface area contributed by atoms with Crippen molar-refractivity contribution in [2.75, 3.05) is 19.6 Å². The van der Waals surface area contributed by atoms with E-state index in [-0.39, 0.29) is 32.4 Å². The van der Waals surface area contributed by atoms with Crippen LogP contribution in [0.5, 0.6) is 0 Å². The van der Waals surface area contributed by atoms with Gasteiger partial charge in [0.2, 0.25) is 35.4 Å². The van der Waals surface area contributed by atoms with Gasteiger partial charge in [0.25, 0.3) is 0 Å². The van der Waals surface area contributed by atoms with E-state index >= 15 is 0 Å². The van der Waals surface area contributed by atoms with Gasteiger partial charge in [-0.25, -0.2) is 4.79 Å². The molecule has 2 rings (SSSR count). The fourth-order valence-electron chi connectivity index (χ4n) is 6.16. The minimum atomic E-state index is -1.71. The van der Waals surface area contributed by atoms with Crippen molar-refractivity contribution >= 4 is 47.4 Å². The number of nitrogens with zero attached hydrogens (tertiary/aromatic N) is 2. The fourth-order valence-corrected chi connectivity index (χ4v) is 6.16. The second-order valence-corrected chi connectivity index (χ2v) is 13.3. The van der Waals surface area contributed by atoms with Gasteiger partial charge in [-0.05, 0) is 72.3 Å². The lowest BCUT2D eigenvalue weighted by Crippen LogP contribution is -2.61. The first-order chi connectivity index (χ1) is 24.4. The number of rotatable bonds is 20. The highest BCUT2D eigenvalue weighted by Gasteiger charge is 2.42. The number of carboxylic acid groups (broad SMARTS) is 2. The minimum absolute atomic E-state index is 0.124. The number of hydrogen-bond acceptors (Lipinski definition) is 12. The van der Waals surface area contributed by atoms with Crippen molar-refractivity contribution in [1.82, 2.24) is 31.1 Å². The molecule has 2 fully saturated rings. The van der Waals surface area contributed by atoms with Gasteiger partial charge in [-0.2, -0.15) is 0 Å². The van der Waals surface area contributed by atoms with Crippen molar-refractivity contribution in [3.63, 3.8) is 0 Å². The van der Waals surface area contributed by atoms with Crippen molar-refractivity contribution in [3.05, 3.63) is 0 Å². The Balaban J connectivity index is 2.11. The first kappa shape index (κ1) is 43.8. The molecule has 0 aromatic rings. The first-order valence-corrected chi connectivity index (χ1v) is 17.5. The molecule has 0 unspecified atom stereocenters. The largest absolute Gasteiger partial charge is 0.481 e. The molecule has 9 atom stereocenters. The van der Waals surface area contributed by atoms with Crippen molar-refractivity contribution in [2.24, 2.45) is 11.5 Å². The summed E-state index contributed by atoms with van der Waals surface area (Å²) in [4.78, 5) is 105. The number of aliphatic carboxylic acids is 2. The van der Waals surface area contributed by atoms with E-state index in [1.54, 1.807) is 0 Å². The van der Waals surface area contributed by atoms with Gasteiger partial charge in [0.1, 0.15) is 30.2 Å². The van der Waals surface area contributed by atoms with Crippen LogP contribution in [0.15, 0.2) is 0 Å². The highest BCUT2D eigenvalue weighted by Crippen LogP contribution is 2.22. The third-order valence-corrected chi connectivity index (χ3v) is 9.08. The molecule has 20 nitrogen and oxygen atoms in total. The molecule has 0 saturated carbocycles. The van der Waals surface area contributed by atoms with E-state index in [1.807, 2.05) is 0 Å². The van der Waals surface area contributed by atoms with Crippen molar-refractivity contribution < 1.29 is 58.8 Å². The molecule has 0 radical (unpaired) electrons. The Labute approximate surface area is 301 Å². The minimum Gasteiger partial charge on any atom is -0.481 e. The Morgan fingerprint density at radius 1 is 0.712 bits per heavy atom. The Hall–Kier alpha value is -4.40. The number of nitrogens with two attached hydrogens (primary N) is 2. The molecule has 0 aromatic carbocycles. The topological polar surface area (TPSA) is 324 Å². The predicted molar refractivity (Wildman–Crippen MR) is 182 cm³/mol. The van der Waals surface area contributed by atoms with E-state index in [2.05, 4.69) is 21.3 Å². The van der Waals surface area contributed by atoms with Crippen molar-refractivity contribution in [1.29, 1.82) is 0 Å².